The van der Waals surface area contributed by atoms with Crippen LogP contribution in [-0.2, 0) is 0 Å². The number of hydrogen-bond donors (Lipinski definition) is 1. The number of para-hydroxylation sites is 1. The molecule has 0 bridgehead atoms. The Kier molecular flexibility index (Phi) is 4.80. The normalized spacial score (nSPS) is 10.9. The predicted molar refractivity (Wildman–Crippen MR) is 86.0 cm³/mol. The van der Waals surface area contributed by atoms with Crippen LogP contribution in [-0.4, -0.2) is 11.4 Å². The quantitative estimate of drug-likeness (QED) is 0.390. The minimum Gasteiger partial charge on any atom is -0.271 e. The van der Waals surface area contributed by atoms with Gasteiger partial charge in [-0.05, 0) is 24.8 Å². The van der Waals surface area contributed by atoms with E-state index in [-0.39, 0.29) is 0 Å². The lowest BCUT2D eigenvalue weighted by molar-refractivity contribution is 1.28. The summed E-state index contributed by atoms with van der Waals surface area (Å²) in [6.07, 6.45) is 3.79. The van der Waals surface area contributed by atoms with E-state index in [2.05, 4.69) is 41.5 Å². The van der Waals surface area contributed by atoms with Gasteiger partial charge in [0.25, 0.3) is 0 Å². The average molecular weight is 281 g/mol. The molecule has 0 aliphatic carbocycles. The second kappa shape index (κ2) is 6.78. The Balaban J connectivity index is 2.45. The van der Waals surface area contributed by atoms with E-state index in [1.807, 2.05) is 36.7 Å². The lowest BCUT2D eigenvalue weighted by Gasteiger charge is -2.07. The summed E-state index contributed by atoms with van der Waals surface area (Å²) >= 11 is 1.41. The molecule has 2 rings (SSSR count). The van der Waals surface area contributed by atoms with Crippen LogP contribution in [0.3, 0.4) is 0 Å². The summed E-state index contributed by atoms with van der Waals surface area (Å²) in [5, 5.41) is 11.9. The number of nitrogens with one attached hydrogen (secondary N) is 1. The van der Waals surface area contributed by atoms with Gasteiger partial charge < -0.3 is 0 Å². The van der Waals surface area contributed by atoms with E-state index < -0.39 is 0 Å². The molecule has 0 aliphatic heterocycles. The number of rotatable bonds is 2. The van der Waals surface area contributed by atoms with Crippen LogP contribution in [0.2, 0.25) is 0 Å². The van der Waals surface area contributed by atoms with Crippen LogP contribution in [0.4, 0.5) is 5.69 Å². The van der Waals surface area contributed by atoms with Gasteiger partial charge >= 0.3 is 0 Å². The molecule has 4 heteroatoms. The molecule has 0 fully saturated rings. The summed E-state index contributed by atoms with van der Waals surface area (Å²) in [5.41, 5.74) is 4.25. The molecule has 0 amide bonds. The largest absolute Gasteiger partial charge is 0.271 e. The van der Waals surface area contributed by atoms with E-state index in [9.17, 15) is 0 Å². The van der Waals surface area contributed by atoms with Crippen molar-refractivity contribution in [1.82, 2.24) is 5.32 Å². The molecule has 0 saturated heterocycles. The fourth-order valence-electron chi connectivity index (χ4n) is 1.83. The zero-order valence-electron chi connectivity index (χ0n) is 11.4. The van der Waals surface area contributed by atoms with Gasteiger partial charge in [-0.25, -0.2) is 4.99 Å². The van der Waals surface area contributed by atoms with E-state index >= 15 is 0 Å². The Hall–Kier alpha value is -2.25. The number of amidine groups is 1. The molecule has 20 heavy (non-hydrogen) atoms. The van der Waals surface area contributed by atoms with Crippen LogP contribution < -0.4 is 5.32 Å². The highest BCUT2D eigenvalue weighted by Crippen LogP contribution is 2.30. The average Bonchev–Trinajstić information content (AvgIpc) is 2.48. The Morgan fingerprint density at radius 1 is 1.15 bits per heavy atom. The molecule has 100 valence electrons. The van der Waals surface area contributed by atoms with Crippen LogP contribution in [0.5, 0.6) is 0 Å². The van der Waals surface area contributed by atoms with Crippen molar-refractivity contribution >= 4 is 22.6 Å². The molecule has 2 aromatic carbocycles. The minimum absolute atomic E-state index is 0.590. The van der Waals surface area contributed by atoms with Gasteiger partial charge in [-0.3, -0.25) is 5.32 Å². The van der Waals surface area contributed by atoms with Gasteiger partial charge in [-0.1, -0.05) is 59.8 Å². The zero-order valence-corrected chi connectivity index (χ0v) is 12.2. The fraction of sp³-hybridized carbons (Fsp3) is 0.125. The van der Waals surface area contributed by atoms with Crippen LogP contribution in [0, 0.1) is 18.4 Å². The molecule has 0 radical (unpaired) electrons. The lowest BCUT2D eigenvalue weighted by Crippen LogP contribution is -2.12. The van der Waals surface area contributed by atoms with Gasteiger partial charge in [0.2, 0.25) is 0 Å². The van der Waals surface area contributed by atoms with Gasteiger partial charge in [-0.2, -0.15) is 5.26 Å². The van der Waals surface area contributed by atoms with Crippen LogP contribution in [0.25, 0.3) is 11.1 Å². The summed E-state index contributed by atoms with van der Waals surface area (Å²) in [6.45, 7) is 2.07. The summed E-state index contributed by atoms with van der Waals surface area (Å²) in [6, 6.07) is 16.3. The number of nitrogens with zero attached hydrogens (tertiary/aromatic N) is 2. The molecule has 0 spiro atoms. The molecule has 1 N–H and O–H groups in total. The first-order chi connectivity index (χ1) is 9.74. The predicted octanol–water partition coefficient (Wildman–Crippen LogP) is 4.08. The maximum absolute atomic E-state index is 8.71. The molecule has 0 aliphatic rings. The summed E-state index contributed by atoms with van der Waals surface area (Å²) in [7, 11) is 0. The second-order valence-electron chi connectivity index (χ2n) is 4.24. The number of aliphatic imine (C=N–C) groups is 1. The van der Waals surface area contributed by atoms with Gasteiger partial charge in [0, 0.05) is 5.56 Å². The third-order valence-electron chi connectivity index (χ3n) is 2.84. The number of aryl methyl sites for hydroxylation is 1. The Labute approximate surface area is 123 Å². The highest BCUT2D eigenvalue weighted by Gasteiger charge is 2.05. The van der Waals surface area contributed by atoms with Crippen molar-refractivity contribution in [2.24, 2.45) is 4.99 Å². The molecule has 3 nitrogen and oxygen atoms in total. The first-order valence-corrected chi connectivity index (χ1v) is 7.41. The Morgan fingerprint density at radius 2 is 1.85 bits per heavy atom. The minimum atomic E-state index is 0.590. The number of thioether (sulfide) groups is 1. The molecule has 2 aromatic rings. The van der Waals surface area contributed by atoms with Crippen molar-refractivity contribution in [3.05, 3.63) is 54.1 Å². The van der Waals surface area contributed by atoms with Gasteiger partial charge in [0.15, 0.2) is 11.4 Å². The molecular weight excluding hydrogens is 266 g/mol. The van der Waals surface area contributed by atoms with Crippen LogP contribution >= 0.6 is 11.8 Å². The smallest absolute Gasteiger partial charge is 0.183 e. The van der Waals surface area contributed by atoms with Crippen molar-refractivity contribution in [2.75, 3.05) is 6.26 Å². The van der Waals surface area contributed by atoms with Gasteiger partial charge in [-0.15, -0.1) is 0 Å². The highest BCUT2D eigenvalue weighted by atomic mass is 32.2. The maximum Gasteiger partial charge on any atom is 0.183 e. The van der Waals surface area contributed by atoms with E-state index in [1.165, 1.54) is 17.3 Å². The summed E-state index contributed by atoms with van der Waals surface area (Å²) < 4.78 is 0. The third-order valence-corrected chi connectivity index (χ3v) is 3.42. The molecule has 0 saturated carbocycles. The third kappa shape index (κ3) is 3.40. The first-order valence-electron chi connectivity index (χ1n) is 6.18. The van der Waals surface area contributed by atoms with E-state index in [1.54, 1.807) is 0 Å². The van der Waals surface area contributed by atoms with E-state index in [4.69, 9.17) is 5.26 Å². The monoisotopic (exact) mass is 281 g/mol. The fourth-order valence-corrected chi connectivity index (χ4v) is 2.17. The first kappa shape index (κ1) is 14.2. The van der Waals surface area contributed by atoms with Gasteiger partial charge in [0.05, 0.1) is 5.69 Å². The zero-order chi connectivity index (χ0) is 14.4. The van der Waals surface area contributed by atoms with Crippen LogP contribution in [0.1, 0.15) is 5.56 Å². The molecular formula is C16H15N3S. The van der Waals surface area contributed by atoms with Gasteiger partial charge in [0.1, 0.15) is 0 Å². The number of hydrogen-bond acceptors (Lipinski definition) is 3. The summed E-state index contributed by atoms with van der Waals surface area (Å²) in [5.74, 6) is 0. The SMILES string of the molecule is CSC(=Nc1ccccc1-c1ccc(C)cc1)NC#N. The topological polar surface area (TPSA) is 48.2 Å². The van der Waals surface area contributed by atoms with Crippen molar-refractivity contribution in [1.29, 1.82) is 5.26 Å². The maximum atomic E-state index is 8.71. The lowest BCUT2D eigenvalue weighted by atomic mass is 10.0. The standard InChI is InChI=1S/C16H15N3S/c1-12-7-9-13(10-8-12)14-5-3-4-6-15(14)19-16(20-2)18-11-17/h3-10H,1-2H3,(H,18,19). The second-order valence-corrected chi connectivity index (χ2v) is 5.04. The number of nitriles is 1. The van der Waals surface area contributed by atoms with Crippen molar-refractivity contribution in [3.63, 3.8) is 0 Å². The molecule has 0 aromatic heterocycles. The molecule has 0 heterocycles. The van der Waals surface area contributed by atoms with Crippen molar-refractivity contribution < 1.29 is 0 Å². The van der Waals surface area contributed by atoms with Crippen LogP contribution in [0.15, 0.2) is 53.5 Å². The van der Waals surface area contributed by atoms with E-state index in [0.29, 0.717) is 5.17 Å². The van der Waals surface area contributed by atoms with Crippen molar-refractivity contribution in [3.8, 4) is 17.3 Å². The Morgan fingerprint density at radius 3 is 2.50 bits per heavy atom. The van der Waals surface area contributed by atoms with E-state index in [0.717, 1.165) is 16.8 Å². The molecule has 0 atom stereocenters. The van der Waals surface area contributed by atoms with Crippen molar-refractivity contribution in [2.45, 2.75) is 6.92 Å². The molecule has 0 unspecified atom stereocenters. The highest BCUT2D eigenvalue weighted by molar-refractivity contribution is 8.13. The summed E-state index contributed by atoms with van der Waals surface area (Å²) in [4.78, 5) is 4.51. The Bertz CT molecular complexity index is 654. The number of benzene rings is 2.